The zero-order valence-electron chi connectivity index (χ0n) is 13.4. The summed E-state index contributed by atoms with van der Waals surface area (Å²) in [7, 11) is 0. The maximum atomic E-state index is 12.8. The number of aromatic carboxylic acids is 1. The second-order valence-corrected chi connectivity index (χ2v) is 6.05. The van der Waals surface area contributed by atoms with Crippen LogP contribution in [-0.2, 0) is 17.4 Å². The van der Waals surface area contributed by atoms with Crippen LogP contribution in [0.1, 0.15) is 21.6 Å². The molecule has 6 nitrogen and oxygen atoms in total. The summed E-state index contributed by atoms with van der Waals surface area (Å²) in [4.78, 5) is 27.0. The van der Waals surface area contributed by atoms with E-state index in [0.29, 0.717) is 5.69 Å². The van der Waals surface area contributed by atoms with E-state index in [0.717, 1.165) is 16.7 Å². The number of alkyl halides is 3. The molecule has 0 radical (unpaired) electrons. The maximum Gasteiger partial charge on any atom is 0.417 e. The van der Waals surface area contributed by atoms with Gasteiger partial charge in [0.15, 0.2) is 5.65 Å². The van der Waals surface area contributed by atoms with Crippen LogP contribution in [0.2, 0.25) is 5.02 Å². The third-order valence-electron chi connectivity index (χ3n) is 3.64. The van der Waals surface area contributed by atoms with Crippen LogP contribution in [-0.4, -0.2) is 26.4 Å². The van der Waals surface area contributed by atoms with E-state index in [-0.39, 0.29) is 28.3 Å². The van der Waals surface area contributed by atoms with Crippen LogP contribution in [0, 0.1) is 0 Å². The number of carboxylic acid groups (broad SMARTS) is 1. The number of imidazole rings is 1. The van der Waals surface area contributed by atoms with E-state index in [1.165, 1.54) is 30.5 Å². The van der Waals surface area contributed by atoms with Gasteiger partial charge >= 0.3 is 12.1 Å². The predicted molar refractivity (Wildman–Crippen MR) is 90.9 cm³/mol. The molecule has 3 aromatic rings. The van der Waals surface area contributed by atoms with Gasteiger partial charge in [0.2, 0.25) is 5.91 Å². The molecule has 0 fully saturated rings. The quantitative estimate of drug-likeness (QED) is 0.699. The SMILES string of the molecule is O=C(Cc1cn2cc(C(F)(F)F)cc(Cl)c2n1)Nc1ccc(C(=O)O)cc1. The Balaban J connectivity index is 1.77. The van der Waals surface area contributed by atoms with Gasteiger partial charge in [-0.2, -0.15) is 13.2 Å². The minimum atomic E-state index is -4.55. The number of fused-ring (bicyclic) bond motifs is 1. The van der Waals surface area contributed by atoms with Crippen molar-refractivity contribution in [1.82, 2.24) is 9.38 Å². The van der Waals surface area contributed by atoms with Gasteiger partial charge in [0.1, 0.15) is 0 Å². The summed E-state index contributed by atoms with van der Waals surface area (Å²) in [6.45, 7) is 0. The number of halogens is 4. The fraction of sp³-hybridized carbons (Fsp3) is 0.118. The molecule has 0 aliphatic heterocycles. The Labute approximate surface area is 155 Å². The number of anilines is 1. The van der Waals surface area contributed by atoms with E-state index < -0.39 is 23.6 Å². The lowest BCUT2D eigenvalue weighted by Gasteiger charge is -2.07. The fourth-order valence-electron chi connectivity index (χ4n) is 2.41. The van der Waals surface area contributed by atoms with Crippen LogP contribution in [0.4, 0.5) is 18.9 Å². The predicted octanol–water partition coefficient (Wildman–Crippen LogP) is 3.89. The van der Waals surface area contributed by atoms with E-state index in [9.17, 15) is 22.8 Å². The van der Waals surface area contributed by atoms with E-state index in [1.807, 2.05) is 0 Å². The molecule has 0 spiro atoms. The summed E-state index contributed by atoms with van der Waals surface area (Å²) < 4.78 is 39.6. The van der Waals surface area contributed by atoms with Crippen LogP contribution < -0.4 is 5.32 Å². The fourth-order valence-corrected chi connectivity index (χ4v) is 2.67. The number of rotatable bonds is 4. The van der Waals surface area contributed by atoms with Crippen molar-refractivity contribution in [3.63, 3.8) is 0 Å². The Morgan fingerprint density at radius 3 is 2.44 bits per heavy atom. The van der Waals surface area contributed by atoms with Crippen molar-refractivity contribution in [2.45, 2.75) is 12.6 Å². The monoisotopic (exact) mass is 397 g/mol. The number of amides is 1. The molecule has 140 valence electrons. The molecule has 0 unspecified atom stereocenters. The van der Waals surface area contributed by atoms with Crippen molar-refractivity contribution >= 4 is 34.8 Å². The van der Waals surface area contributed by atoms with Gasteiger partial charge in [0, 0.05) is 18.1 Å². The minimum absolute atomic E-state index is 0.0726. The van der Waals surface area contributed by atoms with E-state index in [4.69, 9.17) is 16.7 Å². The van der Waals surface area contributed by atoms with Crippen LogP contribution in [0.5, 0.6) is 0 Å². The average molecular weight is 398 g/mol. The number of pyridine rings is 1. The molecule has 2 N–H and O–H groups in total. The first kappa shape index (κ1) is 18.7. The zero-order chi connectivity index (χ0) is 19.8. The highest BCUT2D eigenvalue weighted by molar-refractivity contribution is 6.33. The second-order valence-electron chi connectivity index (χ2n) is 5.65. The van der Waals surface area contributed by atoms with Crippen LogP contribution in [0.3, 0.4) is 0 Å². The van der Waals surface area contributed by atoms with E-state index in [1.54, 1.807) is 0 Å². The lowest BCUT2D eigenvalue weighted by Crippen LogP contribution is -2.14. The highest BCUT2D eigenvalue weighted by atomic mass is 35.5. The van der Waals surface area contributed by atoms with Crippen LogP contribution in [0.15, 0.2) is 42.7 Å². The zero-order valence-corrected chi connectivity index (χ0v) is 14.2. The molecule has 2 aromatic heterocycles. The van der Waals surface area contributed by atoms with E-state index >= 15 is 0 Å². The third-order valence-corrected chi connectivity index (χ3v) is 3.92. The number of carbonyl (C=O) groups excluding carboxylic acids is 1. The molecule has 10 heteroatoms. The van der Waals surface area contributed by atoms with Gasteiger partial charge in [0.25, 0.3) is 0 Å². The van der Waals surface area contributed by atoms with Crippen molar-refractivity contribution in [3.8, 4) is 0 Å². The first-order valence-electron chi connectivity index (χ1n) is 7.51. The summed E-state index contributed by atoms with van der Waals surface area (Å²) in [5.74, 6) is -1.55. The number of carbonyl (C=O) groups is 2. The molecular weight excluding hydrogens is 387 g/mol. The Hall–Kier alpha value is -3.07. The van der Waals surface area contributed by atoms with Gasteiger partial charge in [-0.05, 0) is 30.3 Å². The molecule has 2 heterocycles. The van der Waals surface area contributed by atoms with Gasteiger partial charge in [-0.15, -0.1) is 0 Å². The summed E-state index contributed by atoms with van der Waals surface area (Å²) in [5.41, 5.74) is -0.129. The van der Waals surface area contributed by atoms with Crippen molar-refractivity contribution < 1.29 is 27.9 Å². The molecule has 0 saturated heterocycles. The molecule has 1 amide bonds. The average Bonchev–Trinajstić information content (AvgIpc) is 2.97. The Morgan fingerprint density at radius 1 is 1.19 bits per heavy atom. The third kappa shape index (κ3) is 4.20. The van der Waals surface area contributed by atoms with Crippen molar-refractivity contribution in [2.75, 3.05) is 5.32 Å². The number of nitrogens with zero attached hydrogens (tertiary/aromatic N) is 2. The van der Waals surface area contributed by atoms with Gasteiger partial charge in [-0.1, -0.05) is 11.6 Å². The highest BCUT2D eigenvalue weighted by Crippen LogP contribution is 2.32. The van der Waals surface area contributed by atoms with Gasteiger partial charge in [0.05, 0.1) is 28.3 Å². The lowest BCUT2D eigenvalue weighted by atomic mass is 10.2. The van der Waals surface area contributed by atoms with Crippen molar-refractivity contribution in [1.29, 1.82) is 0 Å². The maximum absolute atomic E-state index is 12.8. The Bertz CT molecular complexity index is 1030. The highest BCUT2D eigenvalue weighted by Gasteiger charge is 2.32. The topological polar surface area (TPSA) is 83.7 Å². The van der Waals surface area contributed by atoms with Crippen LogP contribution >= 0.6 is 11.6 Å². The molecule has 0 aliphatic carbocycles. The Morgan fingerprint density at radius 2 is 1.85 bits per heavy atom. The lowest BCUT2D eigenvalue weighted by molar-refractivity contribution is -0.137. The molecule has 0 saturated carbocycles. The van der Waals surface area contributed by atoms with Gasteiger partial charge in [-0.25, -0.2) is 9.78 Å². The summed E-state index contributed by atoms with van der Waals surface area (Å²) in [6.07, 6.45) is -2.61. The van der Waals surface area contributed by atoms with Gasteiger partial charge in [-0.3, -0.25) is 4.79 Å². The molecule has 3 rings (SSSR count). The number of nitrogens with one attached hydrogen (secondary N) is 1. The molecule has 0 atom stereocenters. The number of aromatic nitrogens is 2. The largest absolute Gasteiger partial charge is 0.478 e. The molecule has 0 aliphatic rings. The Kier molecular flexibility index (Phi) is 4.79. The molecule has 1 aromatic carbocycles. The number of hydrogen-bond acceptors (Lipinski definition) is 3. The second kappa shape index (κ2) is 6.92. The molecule has 27 heavy (non-hydrogen) atoms. The van der Waals surface area contributed by atoms with Crippen molar-refractivity contribution in [2.24, 2.45) is 0 Å². The first-order chi connectivity index (χ1) is 12.6. The summed E-state index contributed by atoms with van der Waals surface area (Å²) in [6, 6.07) is 6.30. The van der Waals surface area contributed by atoms with Crippen molar-refractivity contribution in [3.05, 3.63) is 64.6 Å². The number of benzene rings is 1. The normalized spacial score (nSPS) is 11.6. The summed E-state index contributed by atoms with van der Waals surface area (Å²) >= 11 is 5.86. The minimum Gasteiger partial charge on any atom is -0.478 e. The number of hydrogen-bond donors (Lipinski definition) is 2. The molecular formula is C17H11ClF3N3O3. The smallest absolute Gasteiger partial charge is 0.417 e. The summed E-state index contributed by atoms with van der Waals surface area (Å²) in [5, 5.41) is 11.2. The first-order valence-corrected chi connectivity index (χ1v) is 7.89. The van der Waals surface area contributed by atoms with Gasteiger partial charge < -0.3 is 14.8 Å². The van der Waals surface area contributed by atoms with E-state index in [2.05, 4.69) is 10.3 Å². The standard InChI is InChI=1S/C17H11ClF3N3O3/c18-13-5-10(17(19,20)21)7-24-8-12(23-15(13)24)6-14(25)22-11-3-1-9(2-4-11)16(26)27/h1-5,7-8H,6H2,(H,22,25)(H,26,27). The number of carboxylic acids is 1. The molecule has 0 bridgehead atoms. The van der Waals surface area contributed by atoms with Crippen LogP contribution in [0.25, 0.3) is 5.65 Å².